The number of hydrogen-bond acceptors (Lipinski definition) is 4. The number of nitrogens with zero attached hydrogens (tertiary/aromatic N) is 3. The van der Waals surface area contributed by atoms with E-state index in [1.807, 2.05) is 36.5 Å². The summed E-state index contributed by atoms with van der Waals surface area (Å²) in [5, 5.41) is 8.87. The second kappa shape index (κ2) is 5.72. The first-order valence-corrected chi connectivity index (χ1v) is 6.67. The van der Waals surface area contributed by atoms with Crippen LogP contribution in [0, 0.1) is 11.3 Å². The van der Waals surface area contributed by atoms with Gasteiger partial charge in [-0.25, -0.2) is 4.98 Å². The van der Waals surface area contributed by atoms with Crippen LogP contribution >= 0.6 is 0 Å². The number of benzene rings is 1. The van der Waals surface area contributed by atoms with Gasteiger partial charge in [0.1, 0.15) is 5.82 Å². The van der Waals surface area contributed by atoms with Crippen LogP contribution in [0.4, 0.5) is 5.82 Å². The molecular weight excluding hydrogens is 250 g/mol. The van der Waals surface area contributed by atoms with Crippen molar-refractivity contribution in [3.63, 3.8) is 0 Å². The minimum absolute atomic E-state index is 0.672. The maximum Gasteiger partial charge on any atom is 0.136 e. The second-order valence-electron chi connectivity index (χ2n) is 4.66. The molecule has 4 heteroatoms. The van der Waals surface area contributed by atoms with Crippen molar-refractivity contribution in [2.24, 2.45) is 0 Å². The van der Waals surface area contributed by atoms with Gasteiger partial charge in [0.2, 0.25) is 0 Å². The minimum Gasteiger partial charge on any atom is -0.378 e. The van der Waals surface area contributed by atoms with Crippen LogP contribution in [-0.4, -0.2) is 31.3 Å². The molecule has 0 bridgehead atoms. The summed E-state index contributed by atoms with van der Waals surface area (Å²) in [4.78, 5) is 6.77. The van der Waals surface area contributed by atoms with Gasteiger partial charge in [0.25, 0.3) is 0 Å². The zero-order valence-corrected chi connectivity index (χ0v) is 11.1. The van der Waals surface area contributed by atoms with Gasteiger partial charge in [-0.3, -0.25) is 0 Å². The molecule has 2 heterocycles. The summed E-state index contributed by atoms with van der Waals surface area (Å²) in [5.41, 5.74) is 2.85. The molecule has 1 aliphatic heterocycles. The summed E-state index contributed by atoms with van der Waals surface area (Å²) in [6, 6.07) is 13.8. The van der Waals surface area contributed by atoms with Crippen molar-refractivity contribution in [2.75, 3.05) is 31.2 Å². The molecule has 2 aromatic rings. The van der Waals surface area contributed by atoms with Crippen LogP contribution in [0.15, 0.2) is 42.6 Å². The molecule has 0 unspecified atom stereocenters. The van der Waals surface area contributed by atoms with Crippen LogP contribution in [0.5, 0.6) is 0 Å². The maximum absolute atomic E-state index is 8.87. The van der Waals surface area contributed by atoms with E-state index < -0.39 is 0 Å². The van der Waals surface area contributed by atoms with Crippen molar-refractivity contribution < 1.29 is 4.74 Å². The highest BCUT2D eigenvalue weighted by molar-refractivity contribution is 5.76. The molecule has 3 rings (SSSR count). The Kier molecular flexibility index (Phi) is 3.62. The first kappa shape index (κ1) is 12.6. The third kappa shape index (κ3) is 2.49. The number of ether oxygens (including phenoxy) is 1. The predicted octanol–water partition coefficient (Wildman–Crippen LogP) is 2.46. The lowest BCUT2D eigenvalue weighted by molar-refractivity contribution is 0.122. The minimum atomic E-state index is 0.672. The molecular formula is C16H15N3O. The van der Waals surface area contributed by atoms with Crippen LogP contribution in [0.3, 0.4) is 0 Å². The highest BCUT2D eigenvalue weighted by atomic mass is 16.5. The van der Waals surface area contributed by atoms with Gasteiger partial charge in [-0.15, -0.1) is 0 Å². The number of pyridine rings is 1. The summed E-state index contributed by atoms with van der Waals surface area (Å²) in [6.07, 6.45) is 1.82. The number of nitriles is 1. The summed E-state index contributed by atoms with van der Waals surface area (Å²) in [7, 11) is 0. The lowest BCUT2D eigenvalue weighted by atomic mass is 10.0. The quantitative estimate of drug-likeness (QED) is 0.837. The van der Waals surface area contributed by atoms with Gasteiger partial charge in [0.15, 0.2) is 0 Å². The van der Waals surface area contributed by atoms with E-state index >= 15 is 0 Å². The summed E-state index contributed by atoms with van der Waals surface area (Å²) < 4.78 is 5.39. The van der Waals surface area contributed by atoms with Crippen LogP contribution in [-0.2, 0) is 4.74 Å². The van der Waals surface area contributed by atoms with E-state index in [1.54, 1.807) is 0 Å². The van der Waals surface area contributed by atoms with Crippen LogP contribution in [0.1, 0.15) is 5.56 Å². The molecule has 0 saturated carbocycles. The van der Waals surface area contributed by atoms with E-state index in [0.29, 0.717) is 5.56 Å². The van der Waals surface area contributed by atoms with Crippen molar-refractivity contribution in [1.82, 2.24) is 4.98 Å². The van der Waals surface area contributed by atoms with Crippen LogP contribution < -0.4 is 4.90 Å². The standard InChI is InChI=1S/C16H15N3O/c17-12-13-3-5-14(6-4-13)15-2-1-7-18-16(15)19-8-10-20-11-9-19/h1-7H,8-11H2. The van der Waals surface area contributed by atoms with Crippen LogP contribution in [0.2, 0.25) is 0 Å². The number of rotatable bonds is 2. The molecule has 0 amide bonds. The van der Waals surface area contributed by atoms with Crippen molar-refractivity contribution in [3.8, 4) is 17.2 Å². The van der Waals surface area contributed by atoms with Crippen LogP contribution in [0.25, 0.3) is 11.1 Å². The van der Waals surface area contributed by atoms with Gasteiger partial charge in [0, 0.05) is 24.8 Å². The Morgan fingerprint density at radius 2 is 1.85 bits per heavy atom. The molecule has 0 aliphatic carbocycles. The first-order chi connectivity index (χ1) is 9.88. The largest absolute Gasteiger partial charge is 0.378 e. The van der Waals surface area contributed by atoms with Gasteiger partial charge in [-0.05, 0) is 29.8 Å². The van der Waals surface area contributed by atoms with E-state index in [2.05, 4.69) is 22.0 Å². The molecule has 1 fully saturated rings. The van der Waals surface area contributed by atoms with Crippen molar-refractivity contribution in [3.05, 3.63) is 48.2 Å². The monoisotopic (exact) mass is 265 g/mol. The smallest absolute Gasteiger partial charge is 0.136 e. The van der Waals surface area contributed by atoms with Gasteiger partial charge in [-0.2, -0.15) is 5.26 Å². The third-order valence-corrected chi connectivity index (χ3v) is 3.42. The Balaban J connectivity index is 1.98. The fourth-order valence-electron chi connectivity index (χ4n) is 2.37. The van der Waals surface area contributed by atoms with Crippen molar-refractivity contribution in [2.45, 2.75) is 0 Å². The van der Waals surface area contributed by atoms with Gasteiger partial charge < -0.3 is 9.64 Å². The molecule has 100 valence electrons. The summed E-state index contributed by atoms with van der Waals surface area (Å²) >= 11 is 0. The Bertz CT molecular complexity index is 625. The van der Waals surface area contributed by atoms with E-state index in [-0.39, 0.29) is 0 Å². The summed E-state index contributed by atoms with van der Waals surface area (Å²) in [5.74, 6) is 0.987. The average Bonchev–Trinajstić information content (AvgIpc) is 2.56. The Hall–Kier alpha value is -2.38. The number of anilines is 1. The van der Waals surface area contributed by atoms with Gasteiger partial charge in [0.05, 0.1) is 24.8 Å². The SMILES string of the molecule is N#Cc1ccc(-c2cccnc2N2CCOCC2)cc1. The molecule has 0 radical (unpaired) electrons. The molecule has 0 spiro atoms. The molecule has 0 atom stereocenters. The van der Waals surface area contributed by atoms with E-state index in [0.717, 1.165) is 43.2 Å². The highest BCUT2D eigenvalue weighted by Gasteiger charge is 2.16. The fourth-order valence-corrected chi connectivity index (χ4v) is 2.37. The summed E-state index contributed by atoms with van der Waals surface area (Å²) in [6.45, 7) is 3.20. The molecule has 1 aliphatic rings. The zero-order chi connectivity index (χ0) is 13.8. The van der Waals surface area contributed by atoms with E-state index in [1.165, 1.54) is 0 Å². The normalized spacial score (nSPS) is 14.8. The lowest BCUT2D eigenvalue weighted by Gasteiger charge is -2.29. The van der Waals surface area contributed by atoms with Crippen molar-refractivity contribution in [1.29, 1.82) is 5.26 Å². The lowest BCUT2D eigenvalue weighted by Crippen LogP contribution is -2.37. The topological polar surface area (TPSA) is 49.2 Å². The first-order valence-electron chi connectivity index (χ1n) is 6.67. The molecule has 1 aromatic carbocycles. The molecule has 20 heavy (non-hydrogen) atoms. The van der Waals surface area contributed by atoms with Gasteiger partial charge in [-0.1, -0.05) is 12.1 Å². The van der Waals surface area contributed by atoms with E-state index in [9.17, 15) is 0 Å². The Morgan fingerprint density at radius 3 is 2.55 bits per heavy atom. The second-order valence-corrected chi connectivity index (χ2v) is 4.66. The highest BCUT2D eigenvalue weighted by Crippen LogP contribution is 2.29. The number of morpholine rings is 1. The molecule has 0 N–H and O–H groups in total. The average molecular weight is 265 g/mol. The maximum atomic E-state index is 8.87. The Labute approximate surface area is 118 Å². The van der Waals surface area contributed by atoms with Crippen molar-refractivity contribution >= 4 is 5.82 Å². The third-order valence-electron chi connectivity index (χ3n) is 3.42. The van der Waals surface area contributed by atoms with E-state index in [4.69, 9.17) is 10.00 Å². The Morgan fingerprint density at radius 1 is 1.10 bits per heavy atom. The zero-order valence-electron chi connectivity index (χ0n) is 11.1. The van der Waals surface area contributed by atoms with Gasteiger partial charge >= 0.3 is 0 Å². The number of hydrogen-bond donors (Lipinski definition) is 0. The number of aromatic nitrogens is 1. The predicted molar refractivity (Wildman–Crippen MR) is 77.4 cm³/mol. The fraction of sp³-hybridized carbons (Fsp3) is 0.250. The molecule has 1 saturated heterocycles. The molecule has 1 aromatic heterocycles. The molecule has 4 nitrogen and oxygen atoms in total.